The molecule has 0 aliphatic carbocycles. The van der Waals surface area contributed by atoms with Gasteiger partial charge in [-0.1, -0.05) is 36.4 Å². The van der Waals surface area contributed by atoms with E-state index in [1.807, 2.05) is 23.0 Å². The van der Waals surface area contributed by atoms with Gasteiger partial charge < -0.3 is 24.8 Å². The number of halogens is 2. The number of hydrogen-bond acceptors (Lipinski definition) is 7. The summed E-state index contributed by atoms with van der Waals surface area (Å²) < 4.78 is 34.9. The highest BCUT2D eigenvalue weighted by molar-refractivity contribution is 6.45. The SMILES string of the molecule is CB(O)N1CCC2(C1)N(C)C(=O)c1c(OCc3ccccc3)c(=O)c(C(=O)NCc3ccc(F)cc3F)cn1N2C. The molecule has 13 heteroatoms. The Balaban J connectivity index is 1.56. The average molecular weight is 565 g/mol. The Bertz CT molecular complexity index is 1550. The molecule has 2 aliphatic rings. The third-order valence-electron chi connectivity index (χ3n) is 7.91. The molecule has 0 radical (unpaired) electrons. The Morgan fingerprint density at radius 1 is 1.15 bits per heavy atom. The number of fused-ring (bicyclic) bond motifs is 1. The van der Waals surface area contributed by atoms with Crippen LogP contribution in [0.2, 0.25) is 6.82 Å². The van der Waals surface area contributed by atoms with Gasteiger partial charge in [-0.2, -0.15) is 0 Å². The number of aromatic nitrogens is 1. The first-order valence-electron chi connectivity index (χ1n) is 13.2. The molecule has 10 nitrogen and oxygen atoms in total. The highest BCUT2D eigenvalue weighted by atomic mass is 19.1. The van der Waals surface area contributed by atoms with E-state index in [0.717, 1.165) is 11.6 Å². The van der Waals surface area contributed by atoms with Crippen molar-refractivity contribution in [2.24, 2.45) is 0 Å². The van der Waals surface area contributed by atoms with E-state index in [9.17, 15) is 28.2 Å². The minimum atomic E-state index is -0.877. The maximum atomic E-state index is 14.2. The van der Waals surface area contributed by atoms with Crippen LogP contribution in [0.25, 0.3) is 0 Å². The summed E-state index contributed by atoms with van der Waals surface area (Å²) in [5.74, 6) is -3.17. The standard InChI is InChI=1S/C28H30BF2N5O5/c1-29(40)35-12-11-28(17-35)33(2)27(39)23-25(41-16-18-7-5-4-6-8-18)24(37)21(15-36(23)34(28)3)26(38)32-14-19-9-10-20(30)13-22(19)31/h4-10,13,15,40H,11-12,14,16-17H2,1-3H3,(H,32,38). The van der Waals surface area contributed by atoms with Crippen LogP contribution in [-0.2, 0) is 13.2 Å². The van der Waals surface area contributed by atoms with E-state index in [0.29, 0.717) is 25.6 Å². The number of benzene rings is 2. The lowest BCUT2D eigenvalue weighted by Crippen LogP contribution is -2.69. The highest BCUT2D eigenvalue weighted by Gasteiger charge is 2.53. The van der Waals surface area contributed by atoms with Crippen LogP contribution in [0.1, 0.15) is 38.4 Å². The lowest BCUT2D eigenvalue weighted by molar-refractivity contribution is 0.0421. The number of likely N-dealkylation sites (N-methyl/N-ethyl adjacent to an activating group) is 2. The normalized spacial score (nSPS) is 18.5. The number of ether oxygens (including phenoxy) is 1. The van der Waals surface area contributed by atoms with Gasteiger partial charge in [-0.05, 0) is 25.0 Å². The molecule has 1 atom stereocenters. The zero-order valence-corrected chi connectivity index (χ0v) is 22.9. The van der Waals surface area contributed by atoms with E-state index in [-0.39, 0.29) is 35.7 Å². The fourth-order valence-electron chi connectivity index (χ4n) is 5.40. The van der Waals surface area contributed by atoms with Crippen molar-refractivity contribution >= 4 is 18.9 Å². The molecule has 1 saturated heterocycles. The summed E-state index contributed by atoms with van der Waals surface area (Å²) in [5, 5.41) is 14.5. The monoisotopic (exact) mass is 565 g/mol. The maximum absolute atomic E-state index is 14.2. The van der Waals surface area contributed by atoms with Gasteiger partial charge >= 0.3 is 7.05 Å². The first kappa shape index (κ1) is 28.3. The fraction of sp³-hybridized carbons (Fsp3) is 0.321. The molecule has 3 heterocycles. The van der Waals surface area contributed by atoms with E-state index in [2.05, 4.69) is 5.32 Å². The molecule has 41 heavy (non-hydrogen) atoms. The van der Waals surface area contributed by atoms with Gasteiger partial charge in [0.1, 0.15) is 29.5 Å². The van der Waals surface area contributed by atoms with Crippen molar-refractivity contribution in [2.45, 2.75) is 32.1 Å². The van der Waals surface area contributed by atoms with E-state index < -0.39 is 41.6 Å². The van der Waals surface area contributed by atoms with Crippen LogP contribution in [0.15, 0.2) is 59.5 Å². The molecule has 1 fully saturated rings. The first-order chi connectivity index (χ1) is 19.5. The number of carbonyl (C=O) groups excluding carboxylic acids is 2. The van der Waals surface area contributed by atoms with E-state index in [4.69, 9.17) is 4.74 Å². The summed E-state index contributed by atoms with van der Waals surface area (Å²) in [7, 11) is 2.63. The van der Waals surface area contributed by atoms with Crippen molar-refractivity contribution in [3.63, 3.8) is 0 Å². The number of nitrogens with zero attached hydrogens (tertiary/aromatic N) is 4. The zero-order chi connectivity index (χ0) is 29.5. The quantitative estimate of drug-likeness (QED) is 0.421. The Labute approximate surface area is 235 Å². The molecule has 2 aromatic carbocycles. The minimum absolute atomic E-state index is 0.0312. The van der Waals surface area contributed by atoms with Crippen molar-refractivity contribution in [1.82, 2.24) is 19.7 Å². The molecule has 3 aromatic rings. The summed E-state index contributed by atoms with van der Waals surface area (Å²) in [6, 6.07) is 12.0. The van der Waals surface area contributed by atoms with Gasteiger partial charge in [-0.25, -0.2) is 8.78 Å². The van der Waals surface area contributed by atoms with Crippen LogP contribution in [0, 0.1) is 11.6 Å². The third-order valence-corrected chi connectivity index (χ3v) is 7.91. The molecule has 1 unspecified atom stereocenters. The first-order valence-corrected chi connectivity index (χ1v) is 13.2. The van der Waals surface area contributed by atoms with Gasteiger partial charge in [0, 0.05) is 51.4 Å². The molecule has 2 N–H and O–H groups in total. The Hall–Kier alpha value is -4.23. The number of rotatable bonds is 7. The molecule has 214 valence electrons. The molecular formula is C28H30BF2N5O5. The van der Waals surface area contributed by atoms with Crippen LogP contribution in [0.5, 0.6) is 5.75 Å². The molecule has 2 amide bonds. The van der Waals surface area contributed by atoms with Gasteiger partial charge in [0.25, 0.3) is 11.8 Å². The van der Waals surface area contributed by atoms with E-state index >= 15 is 0 Å². The lowest BCUT2D eigenvalue weighted by atomic mass is 9.85. The van der Waals surface area contributed by atoms with Gasteiger partial charge in [-0.15, -0.1) is 0 Å². The molecule has 2 aliphatic heterocycles. The number of hydrogen-bond donors (Lipinski definition) is 2. The largest absolute Gasteiger partial charge is 0.482 e. The Kier molecular flexibility index (Phi) is 7.58. The Morgan fingerprint density at radius 3 is 2.54 bits per heavy atom. The smallest absolute Gasteiger partial charge is 0.376 e. The zero-order valence-electron chi connectivity index (χ0n) is 22.9. The molecular weight excluding hydrogens is 535 g/mol. The van der Waals surface area contributed by atoms with E-state index in [1.165, 1.54) is 21.8 Å². The predicted octanol–water partition coefficient (Wildman–Crippen LogP) is 1.80. The van der Waals surface area contributed by atoms with Gasteiger partial charge in [0.2, 0.25) is 5.43 Å². The van der Waals surface area contributed by atoms with Crippen LogP contribution in [0.4, 0.5) is 8.78 Å². The lowest BCUT2D eigenvalue weighted by Gasteiger charge is -2.51. The summed E-state index contributed by atoms with van der Waals surface area (Å²) >= 11 is 0. The van der Waals surface area contributed by atoms with Crippen LogP contribution in [-0.4, -0.2) is 71.1 Å². The summed E-state index contributed by atoms with van der Waals surface area (Å²) in [4.78, 5) is 44.2. The number of carbonyl (C=O) groups is 2. The summed E-state index contributed by atoms with van der Waals surface area (Å²) in [5.41, 5.74) is -1.25. The fourth-order valence-corrected chi connectivity index (χ4v) is 5.40. The van der Waals surface area contributed by atoms with E-state index in [1.54, 1.807) is 38.1 Å². The second-order valence-corrected chi connectivity index (χ2v) is 10.3. The van der Waals surface area contributed by atoms with Gasteiger partial charge in [0.15, 0.2) is 11.4 Å². The van der Waals surface area contributed by atoms with Crippen LogP contribution in [0.3, 0.4) is 0 Å². The topological polar surface area (TPSA) is 107 Å². The third kappa shape index (κ3) is 5.06. The molecule has 5 rings (SSSR count). The maximum Gasteiger partial charge on any atom is 0.376 e. The second kappa shape index (κ2) is 11.0. The number of pyridine rings is 1. The predicted molar refractivity (Wildman–Crippen MR) is 148 cm³/mol. The number of amides is 2. The summed E-state index contributed by atoms with van der Waals surface area (Å²) in [6.07, 6.45) is 1.77. The Morgan fingerprint density at radius 2 is 1.88 bits per heavy atom. The highest BCUT2D eigenvalue weighted by Crippen LogP contribution is 2.36. The van der Waals surface area contributed by atoms with Crippen molar-refractivity contribution in [3.8, 4) is 5.75 Å². The molecule has 1 aromatic heterocycles. The van der Waals surface area contributed by atoms with Crippen molar-refractivity contribution in [2.75, 3.05) is 32.2 Å². The van der Waals surface area contributed by atoms with Gasteiger partial charge in [0.05, 0.1) is 0 Å². The van der Waals surface area contributed by atoms with Crippen molar-refractivity contribution in [3.05, 3.63) is 99.0 Å². The molecule has 1 spiro atoms. The van der Waals surface area contributed by atoms with Gasteiger partial charge in [-0.3, -0.25) is 24.1 Å². The molecule has 0 saturated carbocycles. The summed E-state index contributed by atoms with van der Waals surface area (Å²) in [6.45, 7) is 2.16. The molecule has 0 bridgehead atoms. The average Bonchev–Trinajstić information content (AvgIpc) is 3.41. The van der Waals surface area contributed by atoms with Crippen molar-refractivity contribution < 1.29 is 28.1 Å². The second-order valence-electron chi connectivity index (χ2n) is 10.3. The van der Waals surface area contributed by atoms with Crippen LogP contribution < -0.4 is 20.5 Å². The van der Waals surface area contributed by atoms with Crippen LogP contribution >= 0.6 is 0 Å². The minimum Gasteiger partial charge on any atom is -0.482 e. The van der Waals surface area contributed by atoms with Crippen molar-refractivity contribution in [1.29, 1.82) is 0 Å². The number of nitrogens with one attached hydrogen (secondary N) is 1.